The number of fused-ring (bicyclic) bond motifs is 1. The maximum atomic E-state index is 10.7. The maximum absolute atomic E-state index is 10.7. The van der Waals surface area contributed by atoms with Crippen molar-refractivity contribution in [3.8, 4) is 11.4 Å². The number of nitrogens with one attached hydrogen (secondary N) is 2. The Morgan fingerprint density at radius 2 is 1.95 bits per heavy atom. The molecule has 3 aromatic rings. The first-order valence-electron chi connectivity index (χ1n) is 6.81. The molecule has 0 aliphatic carbocycles. The summed E-state index contributed by atoms with van der Waals surface area (Å²) in [6.07, 6.45) is 0. The van der Waals surface area contributed by atoms with Crippen molar-refractivity contribution in [3.05, 3.63) is 36.0 Å². The van der Waals surface area contributed by atoms with Crippen LogP contribution in [0.3, 0.4) is 0 Å². The summed E-state index contributed by atoms with van der Waals surface area (Å²) in [5, 5.41) is 8.87. The lowest BCUT2D eigenvalue weighted by Gasteiger charge is -2.13. The van der Waals surface area contributed by atoms with Crippen LogP contribution in [-0.4, -0.2) is 28.2 Å². The molecule has 3 rings (SSSR count). The number of benzene rings is 1. The van der Waals surface area contributed by atoms with Crippen LogP contribution < -0.4 is 4.72 Å². The number of anilines is 1. The summed E-state index contributed by atoms with van der Waals surface area (Å²) in [6.45, 7) is 6.28. The van der Waals surface area contributed by atoms with E-state index in [1.807, 2.05) is 12.1 Å². The minimum atomic E-state index is -2.68. The first-order valence-corrected chi connectivity index (χ1v) is 7.99. The zero-order valence-corrected chi connectivity index (χ0v) is 13.4. The quantitative estimate of drug-likeness (QED) is 0.644. The molecular formula is C14H17N5O2S. The lowest BCUT2D eigenvalue weighted by molar-refractivity contribution is 0.557. The number of aromatic amines is 1. The third-order valence-electron chi connectivity index (χ3n) is 3.26. The summed E-state index contributed by atoms with van der Waals surface area (Å²) in [4.78, 5) is 3.20. The van der Waals surface area contributed by atoms with Gasteiger partial charge in [0, 0.05) is 22.7 Å². The summed E-state index contributed by atoms with van der Waals surface area (Å²) in [5.74, 6) is 0.632. The van der Waals surface area contributed by atoms with E-state index in [0.29, 0.717) is 11.5 Å². The molecule has 0 unspecified atom stereocenters. The maximum Gasteiger partial charge on any atom is 0.222 e. The molecule has 0 bridgehead atoms. The molecule has 0 amide bonds. The van der Waals surface area contributed by atoms with Gasteiger partial charge in [0.2, 0.25) is 10.9 Å². The fraction of sp³-hybridized carbons (Fsp3) is 0.286. The van der Waals surface area contributed by atoms with E-state index in [9.17, 15) is 8.42 Å². The molecule has 7 nitrogen and oxygen atoms in total. The van der Waals surface area contributed by atoms with E-state index in [0.717, 1.165) is 16.9 Å². The van der Waals surface area contributed by atoms with Crippen LogP contribution in [0.2, 0.25) is 0 Å². The van der Waals surface area contributed by atoms with Crippen LogP contribution in [0.25, 0.3) is 17.0 Å². The fourth-order valence-corrected chi connectivity index (χ4v) is 2.46. The van der Waals surface area contributed by atoms with Crippen LogP contribution in [0.5, 0.6) is 0 Å². The molecule has 2 heterocycles. The van der Waals surface area contributed by atoms with Crippen molar-refractivity contribution < 1.29 is 8.42 Å². The van der Waals surface area contributed by atoms with E-state index >= 15 is 0 Å². The second kappa shape index (κ2) is 5.13. The summed E-state index contributed by atoms with van der Waals surface area (Å²) in [6, 6.07) is 8.98. The highest BCUT2D eigenvalue weighted by molar-refractivity contribution is 7.73. The number of aromatic nitrogens is 4. The van der Waals surface area contributed by atoms with Gasteiger partial charge in [0.1, 0.15) is 0 Å². The van der Waals surface area contributed by atoms with E-state index in [4.69, 9.17) is 0 Å². The highest BCUT2D eigenvalue weighted by Crippen LogP contribution is 2.24. The van der Waals surface area contributed by atoms with Crippen LogP contribution in [0, 0.1) is 0 Å². The van der Waals surface area contributed by atoms with Crippen LogP contribution in [0.4, 0.5) is 5.69 Å². The van der Waals surface area contributed by atoms with E-state index in [1.54, 1.807) is 22.8 Å². The van der Waals surface area contributed by atoms with Gasteiger partial charge in [0.15, 0.2) is 11.5 Å². The normalized spacial score (nSPS) is 12.2. The van der Waals surface area contributed by atoms with Crippen molar-refractivity contribution in [2.75, 3.05) is 4.72 Å². The van der Waals surface area contributed by atoms with Gasteiger partial charge in [0.05, 0.1) is 5.69 Å². The van der Waals surface area contributed by atoms with Gasteiger partial charge in [-0.15, -0.1) is 9.73 Å². The van der Waals surface area contributed by atoms with Gasteiger partial charge in [-0.1, -0.05) is 32.9 Å². The summed E-state index contributed by atoms with van der Waals surface area (Å²) in [5.41, 5.74) is 2.99. The number of thiol groups is 1. The third kappa shape index (κ3) is 2.82. The van der Waals surface area contributed by atoms with Crippen LogP contribution in [-0.2, 0) is 16.3 Å². The van der Waals surface area contributed by atoms with E-state index in [-0.39, 0.29) is 5.41 Å². The molecule has 2 aromatic heterocycles. The Morgan fingerprint density at radius 3 is 2.59 bits per heavy atom. The Balaban J connectivity index is 1.98. The molecule has 22 heavy (non-hydrogen) atoms. The van der Waals surface area contributed by atoms with Gasteiger partial charge in [-0.25, -0.2) is 8.42 Å². The lowest BCUT2D eigenvalue weighted by atomic mass is 9.93. The molecule has 0 saturated carbocycles. The molecule has 1 aromatic carbocycles. The zero-order valence-electron chi connectivity index (χ0n) is 12.5. The molecule has 0 aliphatic rings. The van der Waals surface area contributed by atoms with Crippen LogP contribution in [0.15, 0.2) is 30.3 Å². The van der Waals surface area contributed by atoms with Crippen LogP contribution >= 0.6 is 0 Å². The summed E-state index contributed by atoms with van der Waals surface area (Å²) >= 11 is 0. The fourth-order valence-electron chi connectivity index (χ4n) is 2.11. The molecule has 0 aliphatic heterocycles. The average molecular weight is 319 g/mol. The van der Waals surface area contributed by atoms with Gasteiger partial charge in [-0.3, -0.25) is 4.72 Å². The molecule has 2 N–H and O–H groups in total. The number of hydrogen-bond acceptors (Lipinski definition) is 4. The highest BCUT2D eigenvalue weighted by atomic mass is 32.2. The van der Waals surface area contributed by atoms with Crippen molar-refractivity contribution in [1.82, 2.24) is 19.8 Å². The second-order valence-electron chi connectivity index (χ2n) is 6.08. The Bertz CT molecular complexity index is 862. The predicted molar refractivity (Wildman–Crippen MR) is 85.4 cm³/mol. The van der Waals surface area contributed by atoms with Crippen molar-refractivity contribution in [1.29, 1.82) is 0 Å². The number of H-pyrrole nitrogens is 1. The van der Waals surface area contributed by atoms with Crippen molar-refractivity contribution >= 4 is 22.2 Å². The Morgan fingerprint density at radius 1 is 1.18 bits per heavy atom. The number of hydrogen-bond donors (Lipinski definition) is 3. The predicted octanol–water partition coefficient (Wildman–Crippen LogP) is 1.96. The van der Waals surface area contributed by atoms with E-state index in [1.165, 1.54) is 0 Å². The molecule has 116 valence electrons. The van der Waals surface area contributed by atoms with Gasteiger partial charge in [0.25, 0.3) is 0 Å². The topological polar surface area (TPSA) is 92.1 Å². The highest BCUT2D eigenvalue weighted by Gasteiger charge is 2.19. The van der Waals surface area contributed by atoms with Gasteiger partial charge >= 0.3 is 0 Å². The average Bonchev–Trinajstić information content (AvgIpc) is 2.95. The monoisotopic (exact) mass is 319 g/mol. The van der Waals surface area contributed by atoms with Gasteiger partial charge < -0.3 is 4.98 Å². The molecule has 0 spiro atoms. The van der Waals surface area contributed by atoms with E-state index in [2.05, 4.69) is 40.7 Å². The Hall–Kier alpha value is -2.35. The molecular weight excluding hydrogens is 302 g/mol. The minimum absolute atomic E-state index is 0.0437. The molecule has 8 heteroatoms. The third-order valence-corrected chi connectivity index (χ3v) is 3.70. The van der Waals surface area contributed by atoms with Crippen molar-refractivity contribution in [2.45, 2.75) is 26.2 Å². The van der Waals surface area contributed by atoms with Gasteiger partial charge in [-0.2, -0.15) is 5.10 Å². The molecule has 0 atom stereocenters. The van der Waals surface area contributed by atoms with Crippen LogP contribution in [0.1, 0.15) is 26.5 Å². The number of rotatable bonds is 3. The first-order chi connectivity index (χ1) is 10.3. The zero-order chi connectivity index (χ0) is 15.9. The standard InChI is InChI=1S/C14H17N5O2S/c1-14(2,3)11-8-12-15-13(17-19(12)16-11)9-5-4-6-10(7-9)18-22(20)21/h4-8,22H,1-3H3,(H,15,17)(H,18,20,21). The largest absolute Gasteiger partial charge is 0.321 e. The summed E-state index contributed by atoms with van der Waals surface area (Å²) in [7, 11) is -2.68. The smallest absolute Gasteiger partial charge is 0.222 e. The summed E-state index contributed by atoms with van der Waals surface area (Å²) < 4.78 is 25.4. The molecule has 0 radical (unpaired) electrons. The van der Waals surface area contributed by atoms with Crippen molar-refractivity contribution in [2.24, 2.45) is 0 Å². The SMILES string of the molecule is CC(C)(C)c1cc2[nH]c(-c3cccc(N[SH](=O)=O)c3)nn2n1. The Labute approximate surface area is 129 Å². The minimum Gasteiger partial charge on any atom is -0.321 e. The lowest BCUT2D eigenvalue weighted by Crippen LogP contribution is -2.12. The second-order valence-corrected chi connectivity index (χ2v) is 6.82. The van der Waals surface area contributed by atoms with Gasteiger partial charge in [-0.05, 0) is 12.1 Å². The number of nitrogens with zero attached hydrogens (tertiary/aromatic N) is 3. The molecule has 0 fully saturated rings. The van der Waals surface area contributed by atoms with E-state index < -0.39 is 10.9 Å². The Kier molecular flexibility index (Phi) is 3.40. The first kappa shape index (κ1) is 14.6. The molecule has 0 saturated heterocycles. The van der Waals surface area contributed by atoms with Crippen molar-refractivity contribution in [3.63, 3.8) is 0 Å².